The van der Waals surface area contributed by atoms with Gasteiger partial charge >= 0.3 is 6.18 Å². The second-order valence-electron chi connectivity index (χ2n) is 4.65. The summed E-state index contributed by atoms with van der Waals surface area (Å²) in [6.07, 6.45) is -4.54. The molecule has 25 heavy (non-hydrogen) atoms. The summed E-state index contributed by atoms with van der Waals surface area (Å²) in [5.74, 6) is 0. The van der Waals surface area contributed by atoms with Crippen LogP contribution in [0, 0.1) is 20.2 Å². The summed E-state index contributed by atoms with van der Waals surface area (Å²) < 4.78 is 44.3. The highest BCUT2D eigenvalue weighted by Gasteiger charge is 2.40. The molecule has 0 amide bonds. The maximum atomic E-state index is 13.3. The number of aromatic nitrogens is 1. The van der Waals surface area contributed by atoms with Crippen LogP contribution in [0.25, 0.3) is 0 Å². The van der Waals surface area contributed by atoms with Crippen LogP contribution in [0.5, 0.6) is 0 Å². The Balaban J connectivity index is 2.70. The first-order valence-electron chi connectivity index (χ1n) is 6.51. The highest BCUT2D eigenvalue weighted by atomic mass is 79.9. The summed E-state index contributed by atoms with van der Waals surface area (Å²) in [5, 5.41) is 24.4. The monoisotopic (exact) mass is 440 g/mol. The fraction of sp³-hybridized carbons (Fsp3) is 0.250. The van der Waals surface area contributed by atoms with Crippen molar-refractivity contribution in [2.24, 2.45) is 0 Å². The van der Waals surface area contributed by atoms with Gasteiger partial charge in [-0.2, -0.15) is 17.5 Å². The lowest BCUT2D eigenvalue weighted by molar-refractivity contribution is -0.394. The summed E-state index contributed by atoms with van der Waals surface area (Å²) in [6.45, 7) is 1.78. The SMILES string of the molecule is CCc1nsc(Nc2c([N+](=O)[O-])cc([N+](=O)[O-])cc2C(F)(F)F)c1Br. The molecule has 0 spiro atoms. The smallest absolute Gasteiger partial charge is 0.339 e. The molecule has 0 saturated heterocycles. The maximum Gasteiger partial charge on any atom is 0.418 e. The number of rotatable bonds is 5. The van der Waals surface area contributed by atoms with E-state index in [9.17, 15) is 33.4 Å². The van der Waals surface area contributed by atoms with Gasteiger partial charge < -0.3 is 5.32 Å². The number of aryl methyl sites for hydroxylation is 1. The number of nitrogens with one attached hydrogen (secondary N) is 1. The van der Waals surface area contributed by atoms with Crippen LogP contribution in [-0.2, 0) is 12.6 Å². The van der Waals surface area contributed by atoms with Gasteiger partial charge in [0.2, 0.25) is 0 Å². The minimum absolute atomic E-state index is 0.124. The Morgan fingerprint density at radius 3 is 2.36 bits per heavy atom. The van der Waals surface area contributed by atoms with E-state index in [1.54, 1.807) is 6.92 Å². The van der Waals surface area contributed by atoms with Gasteiger partial charge in [-0.25, -0.2) is 0 Å². The van der Waals surface area contributed by atoms with Crippen molar-refractivity contribution in [2.75, 3.05) is 5.32 Å². The van der Waals surface area contributed by atoms with E-state index in [2.05, 4.69) is 25.6 Å². The van der Waals surface area contributed by atoms with Crippen molar-refractivity contribution in [3.8, 4) is 0 Å². The zero-order valence-corrected chi connectivity index (χ0v) is 14.7. The van der Waals surface area contributed by atoms with Gasteiger partial charge in [0.25, 0.3) is 11.4 Å². The van der Waals surface area contributed by atoms with Crippen molar-refractivity contribution in [1.82, 2.24) is 4.37 Å². The lowest BCUT2D eigenvalue weighted by atomic mass is 10.1. The van der Waals surface area contributed by atoms with Crippen LogP contribution in [0.2, 0.25) is 0 Å². The zero-order chi connectivity index (χ0) is 18.9. The summed E-state index contributed by atoms with van der Waals surface area (Å²) in [5.41, 5.74) is -3.91. The van der Waals surface area contributed by atoms with Gasteiger partial charge in [-0.1, -0.05) is 6.92 Å². The first-order valence-corrected chi connectivity index (χ1v) is 8.08. The molecule has 0 unspecified atom stereocenters. The average molecular weight is 441 g/mol. The maximum absolute atomic E-state index is 13.3. The van der Waals surface area contributed by atoms with E-state index in [1.807, 2.05) is 0 Å². The molecule has 0 aliphatic rings. The van der Waals surface area contributed by atoms with Crippen LogP contribution in [-0.4, -0.2) is 14.2 Å². The standard InChI is InChI=1S/C12H8BrF3N4O4S/c1-2-7-9(13)11(25-18-7)17-10-6(12(14,15)16)3-5(19(21)22)4-8(10)20(23)24/h3-4,17H,2H2,1H3. The van der Waals surface area contributed by atoms with Crippen LogP contribution in [0.15, 0.2) is 16.6 Å². The van der Waals surface area contributed by atoms with E-state index in [-0.39, 0.29) is 11.1 Å². The third-order valence-corrected chi connectivity index (χ3v) is 5.01. The Kier molecular flexibility index (Phi) is 5.27. The molecular weight excluding hydrogens is 433 g/mol. The summed E-state index contributed by atoms with van der Waals surface area (Å²) in [7, 11) is 0. The van der Waals surface area contributed by atoms with Crippen molar-refractivity contribution >= 4 is 49.5 Å². The van der Waals surface area contributed by atoms with Crippen molar-refractivity contribution in [3.05, 3.63) is 48.1 Å². The Labute approximate surface area is 150 Å². The lowest BCUT2D eigenvalue weighted by Crippen LogP contribution is -2.11. The summed E-state index contributed by atoms with van der Waals surface area (Å²) >= 11 is 3.98. The van der Waals surface area contributed by atoms with E-state index in [1.165, 1.54) is 0 Å². The number of nitro benzene ring substituents is 2. The predicted molar refractivity (Wildman–Crippen MR) is 87.2 cm³/mol. The second kappa shape index (κ2) is 6.92. The molecule has 0 saturated carbocycles. The molecular formula is C12H8BrF3N4O4S. The van der Waals surface area contributed by atoms with Crippen LogP contribution < -0.4 is 5.32 Å². The molecule has 1 aromatic heterocycles. The molecule has 13 heteroatoms. The number of hydrogen-bond acceptors (Lipinski definition) is 7. The highest BCUT2D eigenvalue weighted by molar-refractivity contribution is 9.10. The molecule has 0 aliphatic heterocycles. The molecule has 2 rings (SSSR count). The van der Waals surface area contributed by atoms with Crippen molar-refractivity contribution in [3.63, 3.8) is 0 Å². The van der Waals surface area contributed by atoms with Gasteiger partial charge in [-0.05, 0) is 33.9 Å². The molecule has 2 aromatic rings. The van der Waals surface area contributed by atoms with Gasteiger partial charge in [0, 0.05) is 6.07 Å². The summed E-state index contributed by atoms with van der Waals surface area (Å²) in [6, 6.07) is 0.734. The van der Waals surface area contributed by atoms with E-state index in [4.69, 9.17) is 0 Å². The Hall–Kier alpha value is -2.28. The lowest BCUT2D eigenvalue weighted by Gasteiger charge is -2.14. The van der Waals surface area contributed by atoms with Crippen molar-refractivity contribution in [2.45, 2.75) is 19.5 Å². The number of hydrogen-bond donors (Lipinski definition) is 1. The minimum Gasteiger partial charge on any atom is -0.339 e. The van der Waals surface area contributed by atoms with E-state index in [0.29, 0.717) is 22.7 Å². The van der Waals surface area contributed by atoms with Gasteiger partial charge in [0.05, 0.1) is 31.6 Å². The molecule has 0 atom stereocenters. The third kappa shape index (κ3) is 3.87. The summed E-state index contributed by atoms with van der Waals surface area (Å²) in [4.78, 5) is 19.7. The van der Waals surface area contributed by atoms with Gasteiger partial charge in [-0.3, -0.25) is 20.2 Å². The molecule has 0 fully saturated rings. The quantitative estimate of drug-likeness (QED) is 0.514. The largest absolute Gasteiger partial charge is 0.418 e. The number of non-ortho nitro benzene ring substituents is 1. The highest BCUT2D eigenvalue weighted by Crippen LogP contribution is 2.45. The number of alkyl halides is 3. The Morgan fingerprint density at radius 1 is 1.28 bits per heavy atom. The van der Waals surface area contributed by atoms with Gasteiger partial charge in [0.1, 0.15) is 10.7 Å². The topological polar surface area (TPSA) is 111 Å². The number of anilines is 2. The normalized spacial score (nSPS) is 11.4. The number of nitrogens with zero attached hydrogens (tertiary/aromatic N) is 3. The molecule has 1 heterocycles. The second-order valence-corrected chi connectivity index (χ2v) is 6.22. The molecule has 0 aliphatic carbocycles. The van der Waals surface area contributed by atoms with Crippen molar-refractivity contribution < 1.29 is 23.0 Å². The molecule has 1 aromatic carbocycles. The molecule has 134 valence electrons. The van der Waals surface area contributed by atoms with E-state index < -0.39 is 38.6 Å². The molecule has 0 radical (unpaired) electrons. The first kappa shape index (κ1) is 19.1. The predicted octanol–water partition coefficient (Wildman–Crippen LogP) is 5.05. The minimum atomic E-state index is -5.04. The molecule has 0 bridgehead atoms. The third-order valence-electron chi connectivity index (χ3n) is 3.09. The van der Waals surface area contributed by atoms with Crippen molar-refractivity contribution in [1.29, 1.82) is 0 Å². The number of nitro groups is 2. The van der Waals surface area contributed by atoms with Gasteiger partial charge in [-0.15, -0.1) is 0 Å². The fourth-order valence-corrected chi connectivity index (χ4v) is 3.51. The van der Waals surface area contributed by atoms with E-state index in [0.717, 1.165) is 11.5 Å². The molecule has 1 N–H and O–H groups in total. The van der Waals surface area contributed by atoms with Gasteiger partial charge in [0.15, 0.2) is 0 Å². The van der Waals surface area contributed by atoms with Crippen LogP contribution >= 0.6 is 27.5 Å². The Bertz CT molecular complexity index is 856. The number of benzene rings is 1. The van der Waals surface area contributed by atoms with E-state index >= 15 is 0 Å². The average Bonchev–Trinajstić information content (AvgIpc) is 2.86. The van der Waals surface area contributed by atoms with Crippen LogP contribution in [0.3, 0.4) is 0 Å². The van der Waals surface area contributed by atoms with Crippen LogP contribution in [0.1, 0.15) is 18.2 Å². The van der Waals surface area contributed by atoms with Crippen LogP contribution in [0.4, 0.5) is 35.2 Å². The Morgan fingerprint density at radius 2 is 1.92 bits per heavy atom. The molecule has 8 nitrogen and oxygen atoms in total. The zero-order valence-electron chi connectivity index (χ0n) is 12.3. The first-order chi connectivity index (χ1) is 11.6. The number of halogens is 4. The fourth-order valence-electron chi connectivity index (χ4n) is 1.94.